The molecular formula is C24H18FN3O3S2. The van der Waals surface area contributed by atoms with Crippen LogP contribution in [0.5, 0.6) is 5.75 Å². The molecule has 1 aliphatic heterocycles. The lowest BCUT2D eigenvalue weighted by Crippen LogP contribution is -2.40. The summed E-state index contributed by atoms with van der Waals surface area (Å²) in [5.41, 5.74) is 1.37. The van der Waals surface area contributed by atoms with E-state index in [4.69, 9.17) is 0 Å². The van der Waals surface area contributed by atoms with Gasteiger partial charge in [-0.2, -0.15) is 0 Å². The normalized spacial score (nSPS) is 19.1. The molecule has 9 heteroatoms. The van der Waals surface area contributed by atoms with Crippen LogP contribution in [-0.2, 0) is 11.3 Å². The fourth-order valence-corrected chi connectivity index (χ4v) is 5.71. The van der Waals surface area contributed by atoms with E-state index in [-0.39, 0.29) is 22.5 Å². The van der Waals surface area contributed by atoms with Gasteiger partial charge in [-0.3, -0.25) is 9.59 Å². The zero-order valence-corrected chi connectivity index (χ0v) is 18.8. The third-order valence-corrected chi connectivity index (χ3v) is 7.66. The van der Waals surface area contributed by atoms with Crippen LogP contribution in [0.3, 0.4) is 0 Å². The molecule has 0 bridgehead atoms. The monoisotopic (exact) mass is 479 g/mol. The number of nitrogens with one attached hydrogen (secondary N) is 2. The van der Waals surface area contributed by atoms with Gasteiger partial charge in [-0.25, -0.2) is 9.37 Å². The summed E-state index contributed by atoms with van der Waals surface area (Å²) in [5, 5.41) is 15.8. The first kappa shape index (κ1) is 21.4. The van der Waals surface area contributed by atoms with Crippen LogP contribution < -0.4 is 10.6 Å². The fraction of sp³-hybridized carbons (Fsp3) is 0.125. The predicted octanol–water partition coefficient (Wildman–Crippen LogP) is 4.04. The number of phenolic OH excluding ortho intramolecular Hbond substituents is 1. The highest BCUT2D eigenvalue weighted by atomic mass is 32.2. The Morgan fingerprint density at radius 1 is 1.21 bits per heavy atom. The Morgan fingerprint density at radius 3 is 2.85 bits per heavy atom. The van der Waals surface area contributed by atoms with Crippen molar-refractivity contribution in [2.24, 2.45) is 0 Å². The molecular weight excluding hydrogens is 461 g/mol. The molecule has 6 nitrogen and oxygen atoms in total. The van der Waals surface area contributed by atoms with Crippen LogP contribution in [0, 0.1) is 5.82 Å². The third kappa shape index (κ3) is 4.42. The van der Waals surface area contributed by atoms with Crippen molar-refractivity contribution in [2.75, 3.05) is 0 Å². The zero-order chi connectivity index (χ0) is 22.9. The number of benzene rings is 2. The summed E-state index contributed by atoms with van der Waals surface area (Å²) >= 11 is 2.85. The van der Waals surface area contributed by atoms with E-state index in [9.17, 15) is 19.1 Å². The number of fused-ring (bicyclic) bond motifs is 2. The number of rotatable bonds is 4. The second-order valence-corrected chi connectivity index (χ2v) is 9.87. The van der Waals surface area contributed by atoms with E-state index in [1.165, 1.54) is 29.2 Å². The topological polar surface area (TPSA) is 91.3 Å². The maximum atomic E-state index is 14.2. The molecule has 1 aromatic heterocycles. The number of amides is 2. The van der Waals surface area contributed by atoms with Gasteiger partial charge in [-0.05, 0) is 42.5 Å². The van der Waals surface area contributed by atoms with E-state index in [1.807, 2.05) is 6.08 Å². The summed E-state index contributed by atoms with van der Waals surface area (Å²) in [6.45, 7) is 0.311. The van der Waals surface area contributed by atoms with Crippen LogP contribution in [-0.4, -0.2) is 33.2 Å². The molecule has 0 saturated carbocycles. The minimum atomic E-state index is -0.557. The lowest BCUT2D eigenvalue weighted by Gasteiger charge is -2.23. The molecule has 2 unspecified atom stereocenters. The highest BCUT2D eigenvalue weighted by Crippen LogP contribution is 2.36. The van der Waals surface area contributed by atoms with Gasteiger partial charge < -0.3 is 15.7 Å². The van der Waals surface area contributed by atoms with E-state index in [1.54, 1.807) is 54.7 Å². The molecule has 2 aromatic carbocycles. The Bertz CT molecular complexity index is 1300. The van der Waals surface area contributed by atoms with Crippen molar-refractivity contribution in [1.82, 2.24) is 15.6 Å². The summed E-state index contributed by atoms with van der Waals surface area (Å²) in [6.07, 6.45) is 7.01. The van der Waals surface area contributed by atoms with Crippen LogP contribution >= 0.6 is 23.1 Å². The number of hydrogen-bond acceptors (Lipinski definition) is 6. The van der Waals surface area contributed by atoms with Crippen LogP contribution in [0.15, 0.2) is 77.4 Å². The third-order valence-electron chi connectivity index (χ3n) is 5.29. The van der Waals surface area contributed by atoms with Crippen molar-refractivity contribution >= 4 is 34.9 Å². The number of carbonyl (C=O) groups is 2. The number of carbonyl (C=O) groups excluding carboxylic acids is 2. The van der Waals surface area contributed by atoms with E-state index < -0.39 is 17.8 Å². The Kier molecular flexibility index (Phi) is 5.74. The first-order valence-corrected chi connectivity index (χ1v) is 11.9. The largest absolute Gasteiger partial charge is 0.508 e. The van der Waals surface area contributed by atoms with Crippen LogP contribution in [0.4, 0.5) is 4.39 Å². The van der Waals surface area contributed by atoms with Gasteiger partial charge in [0.05, 0.1) is 23.4 Å². The molecule has 0 spiro atoms. The van der Waals surface area contributed by atoms with Crippen LogP contribution in [0.25, 0.3) is 10.6 Å². The standard InChI is InChI=1S/C24H18FN3O3S2/c25-17-2-1-3-20-21(17)23(31)28-18-10-14(6-9-19(18)33-20)22(30)26-11-16-12-27-24(32-16)13-4-7-15(29)8-5-13/h1-10,12,18-19,29H,11H2,(H,26,30)(H,28,31). The maximum Gasteiger partial charge on any atom is 0.255 e. The van der Waals surface area contributed by atoms with Crippen molar-refractivity contribution < 1.29 is 19.1 Å². The molecule has 2 amide bonds. The lowest BCUT2D eigenvalue weighted by molar-refractivity contribution is -0.117. The van der Waals surface area contributed by atoms with E-state index in [0.717, 1.165) is 15.4 Å². The minimum absolute atomic E-state index is 0.0410. The van der Waals surface area contributed by atoms with Gasteiger partial charge in [0.2, 0.25) is 0 Å². The molecule has 2 aliphatic rings. The number of thioether (sulfide) groups is 1. The van der Waals surface area contributed by atoms with Crippen molar-refractivity contribution in [2.45, 2.75) is 22.7 Å². The average Bonchev–Trinajstić information content (AvgIpc) is 3.22. The fourth-order valence-electron chi connectivity index (χ4n) is 3.64. The highest BCUT2D eigenvalue weighted by molar-refractivity contribution is 8.00. The number of phenols is 1. The van der Waals surface area contributed by atoms with E-state index in [0.29, 0.717) is 17.0 Å². The molecule has 1 aliphatic carbocycles. The molecule has 0 fully saturated rings. The number of hydrogen-bond donors (Lipinski definition) is 3. The summed E-state index contributed by atoms with van der Waals surface area (Å²) in [6, 6.07) is 10.9. The zero-order valence-electron chi connectivity index (χ0n) is 17.1. The van der Waals surface area contributed by atoms with Gasteiger partial charge in [-0.1, -0.05) is 18.2 Å². The second-order valence-electron chi connectivity index (χ2n) is 7.54. The van der Waals surface area contributed by atoms with Crippen LogP contribution in [0.1, 0.15) is 15.2 Å². The predicted molar refractivity (Wildman–Crippen MR) is 126 cm³/mol. The molecule has 3 aromatic rings. The number of halogens is 1. The molecule has 33 heavy (non-hydrogen) atoms. The maximum absolute atomic E-state index is 14.2. The first-order chi connectivity index (χ1) is 16.0. The van der Waals surface area contributed by atoms with Gasteiger partial charge in [0, 0.05) is 27.1 Å². The quantitative estimate of drug-likeness (QED) is 0.525. The number of nitrogens with zero attached hydrogens (tertiary/aromatic N) is 1. The summed E-state index contributed by atoms with van der Waals surface area (Å²) in [4.78, 5) is 31.2. The van der Waals surface area contributed by atoms with Gasteiger partial charge in [-0.15, -0.1) is 23.1 Å². The molecule has 2 atom stereocenters. The number of aromatic nitrogens is 1. The Morgan fingerprint density at radius 2 is 2.03 bits per heavy atom. The first-order valence-electron chi connectivity index (χ1n) is 10.2. The molecule has 2 heterocycles. The average molecular weight is 480 g/mol. The summed E-state index contributed by atoms with van der Waals surface area (Å²) in [7, 11) is 0. The summed E-state index contributed by atoms with van der Waals surface area (Å²) in [5.74, 6) is -1.12. The van der Waals surface area contributed by atoms with Gasteiger partial charge in [0.1, 0.15) is 16.6 Å². The van der Waals surface area contributed by atoms with Crippen molar-refractivity contribution in [3.8, 4) is 16.3 Å². The van der Waals surface area contributed by atoms with Crippen molar-refractivity contribution in [3.05, 3.63) is 88.7 Å². The molecule has 166 valence electrons. The second kappa shape index (κ2) is 8.84. The van der Waals surface area contributed by atoms with Gasteiger partial charge >= 0.3 is 0 Å². The summed E-state index contributed by atoms with van der Waals surface area (Å²) < 4.78 is 14.2. The molecule has 5 rings (SSSR count). The highest BCUT2D eigenvalue weighted by Gasteiger charge is 2.32. The lowest BCUT2D eigenvalue weighted by atomic mass is 10.0. The van der Waals surface area contributed by atoms with E-state index in [2.05, 4.69) is 15.6 Å². The van der Waals surface area contributed by atoms with Crippen molar-refractivity contribution in [1.29, 1.82) is 0 Å². The van der Waals surface area contributed by atoms with Gasteiger partial charge in [0.15, 0.2) is 0 Å². The van der Waals surface area contributed by atoms with Crippen molar-refractivity contribution in [3.63, 3.8) is 0 Å². The number of aromatic hydroxyl groups is 1. The molecule has 0 saturated heterocycles. The van der Waals surface area contributed by atoms with E-state index >= 15 is 0 Å². The smallest absolute Gasteiger partial charge is 0.255 e. The van der Waals surface area contributed by atoms with Gasteiger partial charge in [0.25, 0.3) is 11.8 Å². The minimum Gasteiger partial charge on any atom is -0.508 e. The Hall–Kier alpha value is -3.43. The number of thiazole rings is 1. The Labute approximate surface area is 197 Å². The SMILES string of the molecule is O=C(NCc1cnc(-c2ccc(O)cc2)s1)C1=CC2NC(=O)c3c(F)cccc3SC2C=C1. The molecule has 0 radical (unpaired) electrons. The van der Waals surface area contributed by atoms with Crippen LogP contribution in [0.2, 0.25) is 0 Å². The molecule has 3 N–H and O–H groups in total. The Balaban J connectivity index is 1.25.